The molecule has 35 heavy (non-hydrogen) atoms. The van der Waals surface area contributed by atoms with Gasteiger partial charge >= 0.3 is 0 Å². The number of hydrogen-bond acceptors (Lipinski definition) is 7. The first-order valence-corrected chi connectivity index (χ1v) is 12.3. The van der Waals surface area contributed by atoms with E-state index in [9.17, 15) is 9.59 Å². The number of fused-ring (bicyclic) bond motifs is 3. The van der Waals surface area contributed by atoms with Crippen LogP contribution < -0.4 is 15.0 Å². The lowest BCUT2D eigenvalue weighted by Crippen LogP contribution is -2.62. The zero-order chi connectivity index (χ0) is 24.2. The highest BCUT2D eigenvalue weighted by atomic mass is 16.5. The maximum absolute atomic E-state index is 13.4. The first kappa shape index (κ1) is 23.6. The maximum Gasteiger partial charge on any atom is 0.236 e. The number of ether oxygens (including phenoxy) is 2. The second kappa shape index (κ2) is 10.6. The van der Waals surface area contributed by atoms with Crippen molar-refractivity contribution in [1.82, 2.24) is 20.1 Å². The lowest BCUT2D eigenvalue weighted by Gasteiger charge is -2.49. The summed E-state index contributed by atoms with van der Waals surface area (Å²) < 4.78 is 10.9. The van der Waals surface area contributed by atoms with Crippen molar-refractivity contribution in [3.8, 4) is 5.75 Å². The van der Waals surface area contributed by atoms with Gasteiger partial charge in [-0.3, -0.25) is 19.5 Å². The molecule has 0 unspecified atom stereocenters. The van der Waals surface area contributed by atoms with Crippen LogP contribution in [0.5, 0.6) is 5.75 Å². The average Bonchev–Trinajstić information content (AvgIpc) is 2.92. The van der Waals surface area contributed by atoms with Gasteiger partial charge in [0, 0.05) is 63.4 Å². The van der Waals surface area contributed by atoms with Gasteiger partial charge in [0.25, 0.3) is 0 Å². The van der Waals surface area contributed by atoms with Crippen LogP contribution in [0, 0.1) is 5.92 Å². The van der Waals surface area contributed by atoms with Crippen LogP contribution in [0.1, 0.15) is 11.1 Å². The fourth-order valence-corrected chi connectivity index (χ4v) is 5.33. The fraction of sp³-hybridized carbons (Fsp3) is 0.500. The van der Waals surface area contributed by atoms with E-state index in [4.69, 9.17) is 9.47 Å². The number of morpholine rings is 1. The number of nitrogens with zero attached hydrogens (tertiary/aromatic N) is 4. The minimum absolute atomic E-state index is 0.0155. The van der Waals surface area contributed by atoms with Crippen LogP contribution >= 0.6 is 0 Å². The standard InChI is InChI=1S/C26H33N5O4/c1-34-21-3-2-20-14-22(26(33)28-16-19-4-6-27-7-5-19)24-17-29(8-9-31(24)23(20)15-21)18-25(32)30-10-12-35-13-11-30/h2-7,15,22,24H,8-14,16-18H2,1H3,(H,28,33)/t22-,24+/m1/s1. The van der Waals surface area contributed by atoms with Gasteiger partial charge in [0.1, 0.15) is 5.75 Å². The zero-order valence-electron chi connectivity index (χ0n) is 20.2. The molecule has 5 rings (SSSR count). The molecule has 186 valence electrons. The molecule has 2 saturated heterocycles. The molecule has 1 aromatic carbocycles. The van der Waals surface area contributed by atoms with Gasteiger partial charge in [-0.25, -0.2) is 0 Å². The van der Waals surface area contributed by atoms with Gasteiger partial charge in [-0.15, -0.1) is 0 Å². The molecule has 0 aliphatic carbocycles. The van der Waals surface area contributed by atoms with Gasteiger partial charge in [-0.1, -0.05) is 6.07 Å². The fourth-order valence-electron chi connectivity index (χ4n) is 5.33. The number of methoxy groups -OCH3 is 1. The number of benzene rings is 1. The summed E-state index contributed by atoms with van der Waals surface area (Å²) in [5, 5.41) is 3.14. The van der Waals surface area contributed by atoms with Crippen LogP contribution in [0.25, 0.3) is 0 Å². The van der Waals surface area contributed by atoms with Crippen LogP contribution in [0.4, 0.5) is 5.69 Å². The van der Waals surface area contributed by atoms with E-state index >= 15 is 0 Å². The minimum atomic E-state index is -0.209. The van der Waals surface area contributed by atoms with Crippen LogP contribution in [-0.4, -0.2) is 92.2 Å². The number of hydrogen-bond donors (Lipinski definition) is 1. The molecule has 0 radical (unpaired) electrons. The summed E-state index contributed by atoms with van der Waals surface area (Å²) in [6.07, 6.45) is 4.13. The van der Waals surface area contributed by atoms with Crippen LogP contribution in [0.3, 0.4) is 0 Å². The van der Waals surface area contributed by atoms with Crippen LogP contribution in [0.2, 0.25) is 0 Å². The molecule has 2 atom stereocenters. The van der Waals surface area contributed by atoms with Gasteiger partial charge in [-0.05, 0) is 35.7 Å². The lowest BCUT2D eigenvalue weighted by atomic mass is 9.83. The van der Waals surface area contributed by atoms with E-state index in [1.54, 1.807) is 19.5 Å². The number of carbonyl (C=O) groups is 2. The Morgan fingerprint density at radius 2 is 1.91 bits per heavy atom. The molecule has 3 aliphatic heterocycles. The zero-order valence-corrected chi connectivity index (χ0v) is 20.2. The number of pyridine rings is 1. The summed E-state index contributed by atoms with van der Waals surface area (Å²) in [6, 6.07) is 9.91. The SMILES string of the molecule is COc1ccc2c(c1)N1CCN(CC(=O)N3CCOCC3)C[C@H]1[C@H](C(=O)NCc1ccncc1)C2. The average molecular weight is 480 g/mol. The molecule has 0 spiro atoms. The second-order valence-corrected chi connectivity index (χ2v) is 9.37. The van der Waals surface area contributed by atoms with E-state index < -0.39 is 0 Å². The van der Waals surface area contributed by atoms with Crippen molar-refractivity contribution in [1.29, 1.82) is 0 Å². The Morgan fingerprint density at radius 3 is 2.69 bits per heavy atom. The molecule has 0 saturated carbocycles. The third-order valence-electron chi connectivity index (χ3n) is 7.28. The summed E-state index contributed by atoms with van der Waals surface area (Å²) >= 11 is 0. The van der Waals surface area contributed by atoms with Crippen molar-refractivity contribution >= 4 is 17.5 Å². The minimum Gasteiger partial charge on any atom is -0.497 e. The van der Waals surface area contributed by atoms with Crippen molar-refractivity contribution in [2.45, 2.75) is 19.0 Å². The quantitative estimate of drug-likeness (QED) is 0.660. The predicted octanol–water partition coefficient (Wildman–Crippen LogP) is 0.928. The van der Waals surface area contributed by atoms with Crippen molar-refractivity contribution in [3.05, 3.63) is 53.9 Å². The first-order chi connectivity index (χ1) is 17.1. The molecule has 2 amide bonds. The van der Waals surface area contributed by atoms with Crippen LogP contribution in [-0.2, 0) is 27.3 Å². The summed E-state index contributed by atoms with van der Waals surface area (Å²) in [6.45, 7) is 5.54. The summed E-state index contributed by atoms with van der Waals surface area (Å²) in [4.78, 5) is 36.8. The van der Waals surface area contributed by atoms with Crippen molar-refractivity contribution in [3.63, 3.8) is 0 Å². The molecule has 1 aromatic heterocycles. The number of carbonyl (C=O) groups excluding carboxylic acids is 2. The Kier molecular flexibility index (Phi) is 7.15. The molecule has 3 aliphatic rings. The van der Waals surface area contributed by atoms with Gasteiger partial charge in [0.15, 0.2) is 0 Å². The third-order valence-corrected chi connectivity index (χ3v) is 7.28. The Bertz CT molecular complexity index is 1040. The number of nitrogens with one attached hydrogen (secondary N) is 1. The first-order valence-electron chi connectivity index (χ1n) is 12.3. The molecule has 9 nitrogen and oxygen atoms in total. The molecular weight excluding hydrogens is 446 g/mol. The Morgan fingerprint density at radius 1 is 1.11 bits per heavy atom. The molecular formula is C26H33N5O4. The van der Waals surface area contributed by atoms with Crippen molar-refractivity contribution in [2.24, 2.45) is 5.92 Å². The second-order valence-electron chi connectivity index (χ2n) is 9.37. The summed E-state index contributed by atoms with van der Waals surface area (Å²) in [5.74, 6) is 0.782. The number of rotatable bonds is 6. The maximum atomic E-state index is 13.4. The van der Waals surface area contributed by atoms with E-state index in [1.807, 2.05) is 23.1 Å². The van der Waals surface area contributed by atoms with E-state index in [1.165, 1.54) is 0 Å². The largest absolute Gasteiger partial charge is 0.497 e. The number of amides is 2. The molecule has 1 N–H and O–H groups in total. The molecule has 9 heteroatoms. The highest BCUT2D eigenvalue weighted by Crippen LogP contribution is 2.38. The third kappa shape index (κ3) is 5.26. The van der Waals surface area contributed by atoms with Crippen molar-refractivity contribution < 1.29 is 19.1 Å². The summed E-state index contributed by atoms with van der Waals surface area (Å²) in [7, 11) is 1.67. The van der Waals surface area contributed by atoms with Crippen molar-refractivity contribution in [2.75, 3.05) is 64.5 Å². The monoisotopic (exact) mass is 479 g/mol. The van der Waals surface area contributed by atoms with E-state index in [-0.39, 0.29) is 23.8 Å². The Labute approximate surface area is 206 Å². The van der Waals surface area contributed by atoms with Gasteiger partial charge in [0.05, 0.1) is 38.8 Å². The lowest BCUT2D eigenvalue weighted by molar-refractivity contribution is -0.136. The van der Waals surface area contributed by atoms with Crippen LogP contribution in [0.15, 0.2) is 42.7 Å². The smallest absolute Gasteiger partial charge is 0.236 e. The Hall–Kier alpha value is -3.17. The van der Waals surface area contributed by atoms with E-state index in [0.717, 1.165) is 35.7 Å². The van der Waals surface area contributed by atoms with E-state index in [2.05, 4.69) is 32.2 Å². The number of anilines is 1. The summed E-state index contributed by atoms with van der Waals surface area (Å²) in [5.41, 5.74) is 3.31. The van der Waals surface area contributed by atoms with Gasteiger partial charge in [0.2, 0.25) is 11.8 Å². The number of piperazine rings is 1. The molecule has 0 bridgehead atoms. The topological polar surface area (TPSA) is 87.2 Å². The van der Waals surface area contributed by atoms with E-state index in [0.29, 0.717) is 52.4 Å². The highest BCUT2D eigenvalue weighted by molar-refractivity contribution is 5.82. The molecule has 4 heterocycles. The normalized spacial score (nSPS) is 22.2. The molecule has 2 fully saturated rings. The van der Waals surface area contributed by atoms with Gasteiger partial charge in [-0.2, -0.15) is 0 Å². The molecule has 2 aromatic rings. The van der Waals surface area contributed by atoms with Gasteiger partial charge < -0.3 is 24.6 Å². The highest BCUT2D eigenvalue weighted by Gasteiger charge is 2.42. The predicted molar refractivity (Wildman–Crippen MR) is 131 cm³/mol. The number of aromatic nitrogens is 1. The Balaban J connectivity index is 1.33.